The highest BCUT2D eigenvalue weighted by atomic mass is 16.4. The van der Waals surface area contributed by atoms with E-state index in [-0.39, 0.29) is 32.8 Å². The van der Waals surface area contributed by atoms with Gasteiger partial charge in [-0.25, -0.2) is 19.7 Å². The fourth-order valence-electron chi connectivity index (χ4n) is 11.1. The molecule has 464 valence electrons. The summed E-state index contributed by atoms with van der Waals surface area (Å²) in [5.41, 5.74) is 23.1. The maximum Gasteiger partial charge on any atom is 0.419 e. The summed E-state index contributed by atoms with van der Waals surface area (Å²) in [5, 5.41) is 1.45. The van der Waals surface area contributed by atoms with Crippen molar-refractivity contribution in [2.45, 2.75) is 164 Å². The Hall–Kier alpha value is -9.02. The smallest absolute Gasteiger partial charge is 0.419 e. The van der Waals surface area contributed by atoms with E-state index < -0.39 is 0 Å². The Kier molecular flexibility index (Phi) is 18.1. The Morgan fingerprint density at radius 2 is 0.889 bits per heavy atom. The van der Waals surface area contributed by atoms with Crippen LogP contribution in [0.15, 0.2) is 194 Å². The Morgan fingerprint density at radius 3 is 1.47 bits per heavy atom. The third-order valence-electron chi connectivity index (χ3n) is 16.9. The van der Waals surface area contributed by atoms with Crippen molar-refractivity contribution >= 4 is 55.2 Å². The maximum atomic E-state index is 11.3. The standard InChI is InChI=1S/C18H19NO.C17H18N2.C17H17NO.C16H21N.C12H15NO2/c1-12-7-5-6-8-14(12)17-19-15-11-13(18(2,3)4)9-10-16(15)20-17;1-17(2,3)13-9-10-14-15(11-13)19-16(18-14)12-7-5-4-6-8-12;1-17(2,3)13-9-10-15-14(11-13)18-16(19-15)12-7-5-4-6-8-12;1-16(2,3)11-8-9-13-12-6-4-5-7-14(12)17-15(13)10-11;1-12(2,3)8-5-6-10-9(7-8)13(4)11(14)15-10/h5-11H,1-4H3;4-11H,1-3H3,(H,18,19);4-11H,1-3H3;8-10,17H,4-7H2,1-3H3;5-7H,1-4H3. The number of nitrogens with one attached hydrogen (secondary N) is 2. The first kappa shape index (κ1) is 64.0. The van der Waals surface area contributed by atoms with Crippen LogP contribution in [0.5, 0.6) is 0 Å². The van der Waals surface area contributed by atoms with Crippen LogP contribution in [0.3, 0.4) is 0 Å². The average Bonchev–Trinajstić information content (AvgIpc) is 1.86. The molecule has 10 nitrogen and oxygen atoms in total. The van der Waals surface area contributed by atoms with Crippen molar-refractivity contribution in [3.8, 4) is 34.3 Å². The Morgan fingerprint density at radius 1 is 0.422 bits per heavy atom. The first-order valence-corrected chi connectivity index (χ1v) is 31.7. The number of H-pyrrole nitrogens is 2. The molecule has 0 spiro atoms. The predicted molar refractivity (Wildman–Crippen MR) is 375 cm³/mol. The number of nitrogens with zero attached hydrogens (tertiary/aromatic N) is 4. The zero-order chi connectivity index (χ0) is 64.5. The van der Waals surface area contributed by atoms with Crippen LogP contribution in [0.25, 0.3) is 89.5 Å². The summed E-state index contributed by atoms with van der Waals surface area (Å²) in [6, 6.07) is 60.2. The quantitative estimate of drug-likeness (QED) is 0.180. The second-order valence-electron chi connectivity index (χ2n) is 29.2. The zero-order valence-corrected chi connectivity index (χ0v) is 56.0. The summed E-state index contributed by atoms with van der Waals surface area (Å²) in [7, 11) is 1.72. The normalized spacial score (nSPS) is 12.8. The van der Waals surface area contributed by atoms with Crippen LogP contribution in [0.4, 0.5) is 0 Å². The van der Waals surface area contributed by atoms with E-state index in [1.807, 2.05) is 97.1 Å². The fourth-order valence-corrected chi connectivity index (χ4v) is 11.1. The number of rotatable bonds is 3. The van der Waals surface area contributed by atoms with Crippen LogP contribution in [-0.4, -0.2) is 29.5 Å². The lowest BCUT2D eigenvalue weighted by atomic mass is 9.86. The number of aromatic amines is 2. The lowest BCUT2D eigenvalue weighted by molar-refractivity contribution is 0.528. The van der Waals surface area contributed by atoms with Gasteiger partial charge in [-0.05, 0) is 171 Å². The second-order valence-corrected chi connectivity index (χ2v) is 29.2. The topological polar surface area (TPSA) is 132 Å². The van der Waals surface area contributed by atoms with Crippen molar-refractivity contribution in [1.82, 2.24) is 29.5 Å². The first-order chi connectivity index (χ1) is 42.5. The number of aryl methyl sites for hydroxylation is 4. The molecule has 90 heavy (non-hydrogen) atoms. The van der Waals surface area contributed by atoms with Gasteiger partial charge in [-0.3, -0.25) is 4.57 Å². The summed E-state index contributed by atoms with van der Waals surface area (Å²) < 4.78 is 18.3. The highest BCUT2D eigenvalue weighted by molar-refractivity contribution is 5.86. The Balaban J connectivity index is 0.000000124. The summed E-state index contributed by atoms with van der Waals surface area (Å²) in [4.78, 5) is 32.2. The molecule has 0 amide bonds. The summed E-state index contributed by atoms with van der Waals surface area (Å²) in [6.07, 6.45) is 5.17. The third kappa shape index (κ3) is 14.8. The largest absolute Gasteiger partial charge is 0.436 e. The molecule has 5 heterocycles. The van der Waals surface area contributed by atoms with Crippen LogP contribution in [-0.2, 0) is 47.0 Å². The molecule has 10 heteroatoms. The van der Waals surface area contributed by atoms with E-state index in [4.69, 9.17) is 13.3 Å². The number of oxazole rings is 3. The lowest BCUT2D eigenvalue weighted by Crippen LogP contribution is -2.12. The van der Waals surface area contributed by atoms with Crippen LogP contribution >= 0.6 is 0 Å². The molecule has 8 aromatic carbocycles. The van der Waals surface area contributed by atoms with Crippen LogP contribution < -0.4 is 5.76 Å². The average molecular weight is 1200 g/mol. The summed E-state index contributed by atoms with van der Waals surface area (Å²) >= 11 is 0. The number of aromatic nitrogens is 6. The van der Waals surface area contributed by atoms with Crippen molar-refractivity contribution < 1.29 is 13.3 Å². The molecule has 0 radical (unpaired) electrons. The molecule has 0 saturated carbocycles. The maximum absolute atomic E-state index is 11.3. The summed E-state index contributed by atoms with van der Waals surface area (Å²) in [5.74, 6) is 2.00. The number of benzene rings is 8. The van der Waals surface area contributed by atoms with Gasteiger partial charge in [0.15, 0.2) is 16.7 Å². The highest BCUT2D eigenvalue weighted by Crippen LogP contribution is 2.35. The SMILES string of the molecule is CC(C)(C)c1ccc2c3c([nH]c2c1)CCCC3.CC(C)(C)c1ccc2nc(-c3ccccc3)[nH]c2c1.CC(C)(C)c1ccc2oc(-c3ccccc3)nc2c1.Cc1ccccc1-c1nc2cc(C(C)(C)C)ccc2o1.Cn1c(=O)oc2ccc(C(C)(C)C)cc21. The number of hydrogen-bond donors (Lipinski definition) is 2. The third-order valence-corrected chi connectivity index (χ3v) is 16.9. The zero-order valence-electron chi connectivity index (χ0n) is 56.0. The molecule has 0 bridgehead atoms. The number of fused-ring (bicyclic) bond motifs is 7. The van der Waals surface area contributed by atoms with Gasteiger partial charge in [0.25, 0.3) is 0 Å². The first-order valence-electron chi connectivity index (χ1n) is 31.7. The van der Waals surface area contributed by atoms with Gasteiger partial charge >= 0.3 is 5.76 Å². The summed E-state index contributed by atoms with van der Waals surface area (Å²) in [6.45, 7) is 35.2. The molecule has 2 N–H and O–H groups in total. The van der Waals surface area contributed by atoms with Crippen LogP contribution in [0, 0.1) is 6.92 Å². The van der Waals surface area contributed by atoms with E-state index in [9.17, 15) is 4.79 Å². The van der Waals surface area contributed by atoms with Crippen molar-refractivity contribution in [1.29, 1.82) is 0 Å². The minimum Gasteiger partial charge on any atom is -0.436 e. The molecule has 1 aliphatic carbocycles. The number of hydrogen-bond acceptors (Lipinski definition) is 7. The van der Waals surface area contributed by atoms with Gasteiger partial charge in [0.1, 0.15) is 16.9 Å². The van der Waals surface area contributed by atoms with Crippen molar-refractivity contribution in [3.05, 3.63) is 231 Å². The molecule has 0 aliphatic heterocycles. The van der Waals surface area contributed by atoms with E-state index in [0.717, 1.165) is 61.3 Å². The molecule has 14 rings (SSSR count). The van der Waals surface area contributed by atoms with Crippen LogP contribution in [0.2, 0.25) is 0 Å². The van der Waals surface area contributed by atoms with E-state index in [1.54, 1.807) is 12.6 Å². The van der Waals surface area contributed by atoms with Crippen LogP contribution in [0.1, 0.15) is 161 Å². The molecule has 0 saturated heterocycles. The fraction of sp³-hybridized carbons (Fsp3) is 0.325. The predicted octanol–water partition coefficient (Wildman–Crippen LogP) is 21.2. The van der Waals surface area contributed by atoms with E-state index in [2.05, 4.69) is 215 Å². The molecule has 1 aliphatic rings. The molecular weight excluding hydrogens is 1110 g/mol. The molecule has 0 fully saturated rings. The van der Waals surface area contributed by atoms with E-state index in [1.165, 1.54) is 80.2 Å². The van der Waals surface area contributed by atoms with Crippen molar-refractivity contribution in [2.75, 3.05) is 0 Å². The molecular formula is C80H90N6O4. The lowest BCUT2D eigenvalue weighted by Gasteiger charge is -2.18. The van der Waals surface area contributed by atoms with Gasteiger partial charge in [0.2, 0.25) is 11.8 Å². The second kappa shape index (κ2) is 25.5. The van der Waals surface area contributed by atoms with Gasteiger partial charge in [-0.1, -0.05) is 207 Å². The van der Waals surface area contributed by atoms with Crippen molar-refractivity contribution in [2.24, 2.45) is 7.05 Å². The van der Waals surface area contributed by atoms with Gasteiger partial charge < -0.3 is 23.2 Å². The minimum atomic E-state index is -0.309. The number of imidazole rings is 1. The highest BCUT2D eigenvalue weighted by Gasteiger charge is 2.22. The Bertz CT molecular complexity index is 4540. The van der Waals surface area contributed by atoms with Gasteiger partial charge in [0, 0.05) is 40.3 Å². The molecule has 0 atom stereocenters. The van der Waals surface area contributed by atoms with Gasteiger partial charge in [-0.15, -0.1) is 0 Å². The van der Waals surface area contributed by atoms with Gasteiger partial charge in [-0.2, -0.15) is 0 Å². The molecule has 13 aromatic rings. The van der Waals surface area contributed by atoms with Crippen molar-refractivity contribution in [3.63, 3.8) is 0 Å². The monoisotopic (exact) mass is 1200 g/mol. The van der Waals surface area contributed by atoms with E-state index in [0.29, 0.717) is 17.4 Å². The molecule has 0 unspecified atom stereocenters. The molecule has 5 aromatic heterocycles. The van der Waals surface area contributed by atoms with Gasteiger partial charge in [0.05, 0.1) is 16.6 Å². The Labute approximate surface area is 531 Å². The van der Waals surface area contributed by atoms with E-state index >= 15 is 0 Å². The minimum absolute atomic E-state index is 0.0848.